The molecule has 3 nitrogen and oxygen atoms in total. The molecule has 1 saturated heterocycles. The predicted molar refractivity (Wildman–Crippen MR) is 73.3 cm³/mol. The molecular formula is C15H23NO2. The van der Waals surface area contributed by atoms with Gasteiger partial charge in [0.1, 0.15) is 6.10 Å². The van der Waals surface area contributed by atoms with Gasteiger partial charge in [-0.05, 0) is 44.9 Å². The number of para-hydroxylation sites is 2. The minimum Gasteiger partial charge on any atom is -0.490 e. The van der Waals surface area contributed by atoms with E-state index in [0.29, 0.717) is 12.1 Å². The van der Waals surface area contributed by atoms with Crippen LogP contribution in [0, 0.1) is 0 Å². The molecule has 18 heavy (non-hydrogen) atoms. The van der Waals surface area contributed by atoms with E-state index < -0.39 is 0 Å². The Hall–Kier alpha value is -1.22. The van der Waals surface area contributed by atoms with Gasteiger partial charge < -0.3 is 14.8 Å². The van der Waals surface area contributed by atoms with Crippen LogP contribution in [-0.2, 0) is 0 Å². The van der Waals surface area contributed by atoms with Crippen LogP contribution in [0.2, 0.25) is 0 Å². The van der Waals surface area contributed by atoms with E-state index in [-0.39, 0.29) is 0 Å². The lowest BCUT2D eigenvalue weighted by Gasteiger charge is -2.29. The number of piperidine rings is 1. The summed E-state index contributed by atoms with van der Waals surface area (Å²) < 4.78 is 11.8. The van der Waals surface area contributed by atoms with Crippen LogP contribution >= 0.6 is 0 Å². The second kappa shape index (κ2) is 6.64. The zero-order valence-electron chi connectivity index (χ0n) is 11.3. The summed E-state index contributed by atoms with van der Waals surface area (Å²) >= 11 is 0. The first kappa shape index (κ1) is 13.2. The van der Waals surface area contributed by atoms with E-state index in [9.17, 15) is 0 Å². The van der Waals surface area contributed by atoms with Crippen molar-refractivity contribution in [2.75, 3.05) is 13.2 Å². The average Bonchev–Trinajstić information content (AvgIpc) is 2.38. The van der Waals surface area contributed by atoms with E-state index in [1.54, 1.807) is 0 Å². The molecule has 1 aliphatic heterocycles. The van der Waals surface area contributed by atoms with Crippen LogP contribution in [0.15, 0.2) is 24.3 Å². The van der Waals surface area contributed by atoms with E-state index in [4.69, 9.17) is 9.47 Å². The van der Waals surface area contributed by atoms with E-state index in [1.807, 2.05) is 24.3 Å². The summed E-state index contributed by atoms with van der Waals surface area (Å²) in [6, 6.07) is 8.50. The number of rotatable bonds is 5. The van der Waals surface area contributed by atoms with Gasteiger partial charge in [-0.1, -0.05) is 19.1 Å². The second-order valence-corrected chi connectivity index (χ2v) is 4.91. The molecule has 2 rings (SSSR count). The molecule has 0 aliphatic carbocycles. The number of benzene rings is 1. The van der Waals surface area contributed by atoms with Gasteiger partial charge in [0.25, 0.3) is 0 Å². The zero-order valence-corrected chi connectivity index (χ0v) is 11.3. The molecule has 0 bridgehead atoms. The summed E-state index contributed by atoms with van der Waals surface area (Å²) in [6.45, 7) is 6.08. The number of hydrogen-bond donors (Lipinski definition) is 1. The van der Waals surface area contributed by atoms with Crippen molar-refractivity contribution >= 4 is 0 Å². The smallest absolute Gasteiger partial charge is 0.161 e. The van der Waals surface area contributed by atoms with Crippen molar-refractivity contribution in [2.45, 2.75) is 45.3 Å². The molecular weight excluding hydrogens is 226 g/mol. The minimum atomic E-state index is 0.299. The van der Waals surface area contributed by atoms with E-state index in [2.05, 4.69) is 19.2 Å². The number of ether oxygens (including phenoxy) is 2. The van der Waals surface area contributed by atoms with Crippen molar-refractivity contribution in [1.29, 1.82) is 0 Å². The molecule has 1 aliphatic rings. The van der Waals surface area contributed by atoms with E-state index >= 15 is 0 Å². The van der Waals surface area contributed by atoms with Crippen molar-refractivity contribution < 1.29 is 9.47 Å². The fourth-order valence-electron chi connectivity index (χ4n) is 2.25. The molecule has 0 amide bonds. The van der Waals surface area contributed by atoms with Crippen LogP contribution in [0.1, 0.15) is 33.1 Å². The molecule has 1 N–H and O–H groups in total. The number of nitrogens with one attached hydrogen (secondary N) is 1. The van der Waals surface area contributed by atoms with Gasteiger partial charge >= 0.3 is 0 Å². The van der Waals surface area contributed by atoms with Crippen molar-refractivity contribution in [1.82, 2.24) is 5.32 Å². The molecule has 0 radical (unpaired) electrons. The molecule has 1 aromatic rings. The molecule has 0 spiro atoms. The summed E-state index contributed by atoms with van der Waals surface area (Å²) in [7, 11) is 0. The number of hydrogen-bond acceptors (Lipinski definition) is 3. The first-order chi connectivity index (χ1) is 8.79. The quantitative estimate of drug-likeness (QED) is 0.870. The highest BCUT2D eigenvalue weighted by Crippen LogP contribution is 2.29. The van der Waals surface area contributed by atoms with Gasteiger partial charge in [-0.3, -0.25) is 0 Å². The third kappa shape index (κ3) is 3.64. The van der Waals surface area contributed by atoms with E-state index in [1.165, 1.54) is 0 Å². The van der Waals surface area contributed by atoms with Crippen LogP contribution in [0.3, 0.4) is 0 Å². The molecule has 2 unspecified atom stereocenters. The SMILES string of the molecule is CCCOc1ccccc1OC1CCNC(C)C1. The Bertz CT molecular complexity index is 367. The normalized spacial score (nSPS) is 23.7. The van der Waals surface area contributed by atoms with Gasteiger partial charge in [0.05, 0.1) is 6.61 Å². The van der Waals surface area contributed by atoms with Crippen LogP contribution in [0.25, 0.3) is 0 Å². The standard InChI is InChI=1S/C15H23NO2/c1-3-10-17-14-6-4-5-7-15(14)18-13-8-9-16-12(2)11-13/h4-7,12-13,16H,3,8-11H2,1-2H3. The van der Waals surface area contributed by atoms with Crippen LogP contribution in [-0.4, -0.2) is 25.3 Å². The minimum absolute atomic E-state index is 0.299. The van der Waals surface area contributed by atoms with Crippen LogP contribution in [0.5, 0.6) is 11.5 Å². The predicted octanol–water partition coefficient (Wildman–Crippen LogP) is 2.99. The van der Waals surface area contributed by atoms with Crippen LogP contribution < -0.4 is 14.8 Å². The van der Waals surface area contributed by atoms with Crippen molar-refractivity contribution in [3.63, 3.8) is 0 Å². The van der Waals surface area contributed by atoms with Gasteiger partial charge in [0.2, 0.25) is 0 Å². The maximum absolute atomic E-state index is 6.09. The third-order valence-corrected chi connectivity index (χ3v) is 3.18. The van der Waals surface area contributed by atoms with Gasteiger partial charge in [0, 0.05) is 6.04 Å². The average molecular weight is 249 g/mol. The summed E-state index contributed by atoms with van der Waals surface area (Å²) in [4.78, 5) is 0. The molecule has 0 saturated carbocycles. The maximum Gasteiger partial charge on any atom is 0.161 e. The first-order valence-electron chi connectivity index (χ1n) is 6.91. The second-order valence-electron chi connectivity index (χ2n) is 4.91. The lowest BCUT2D eigenvalue weighted by molar-refractivity contribution is 0.137. The highest BCUT2D eigenvalue weighted by atomic mass is 16.5. The molecule has 3 heteroatoms. The topological polar surface area (TPSA) is 30.5 Å². The lowest BCUT2D eigenvalue weighted by Crippen LogP contribution is -2.40. The largest absolute Gasteiger partial charge is 0.490 e. The Morgan fingerprint density at radius 3 is 2.78 bits per heavy atom. The van der Waals surface area contributed by atoms with Gasteiger partial charge in [-0.15, -0.1) is 0 Å². The Kier molecular flexibility index (Phi) is 4.88. The molecule has 100 valence electrons. The Morgan fingerprint density at radius 2 is 2.06 bits per heavy atom. The molecule has 1 aromatic carbocycles. The highest BCUT2D eigenvalue weighted by Gasteiger charge is 2.20. The Labute approximate surface area is 109 Å². The molecule has 1 fully saturated rings. The van der Waals surface area contributed by atoms with Gasteiger partial charge in [-0.25, -0.2) is 0 Å². The Balaban J connectivity index is 1.99. The summed E-state index contributed by atoms with van der Waals surface area (Å²) in [5.41, 5.74) is 0. The first-order valence-corrected chi connectivity index (χ1v) is 6.91. The summed E-state index contributed by atoms with van der Waals surface area (Å²) in [5, 5.41) is 3.44. The molecule has 1 heterocycles. The Morgan fingerprint density at radius 1 is 1.28 bits per heavy atom. The van der Waals surface area contributed by atoms with Crippen LogP contribution in [0.4, 0.5) is 0 Å². The highest BCUT2D eigenvalue weighted by molar-refractivity contribution is 5.39. The molecule has 2 atom stereocenters. The fraction of sp³-hybridized carbons (Fsp3) is 0.600. The van der Waals surface area contributed by atoms with Gasteiger partial charge in [0.15, 0.2) is 11.5 Å². The fourth-order valence-corrected chi connectivity index (χ4v) is 2.25. The third-order valence-electron chi connectivity index (χ3n) is 3.18. The monoisotopic (exact) mass is 249 g/mol. The van der Waals surface area contributed by atoms with Gasteiger partial charge in [-0.2, -0.15) is 0 Å². The molecule has 0 aromatic heterocycles. The van der Waals surface area contributed by atoms with Crippen molar-refractivity contribution in [2.24, 2.45) is 0 Å². The maximum atomic E-state index is 6.09. The lowest BCUT2D eigenvalue weighted by atomic mass is 10.0. The zero-order chi connectivity index (χ0) is 12.8. The van der Waals surface area contributed by atoms with Crippen molar-refractivity contribution in [3.8, 4) is 11.5 Å². The van der Waals surface area contributed by atoms with Crippen molar-refractivity contribution in [3.05, 3.63) is 24.3 Å². The summed E-state index contributed by atoms with van der Waals surface area (Å²) in [6.07, 6.45) is 3.43. The summed E-state index contributed by atoms with van der Waals surface area (Å²) in [5.74, 6) is 1.75. The van der Waals surface area contributed by atoms with E-state index in [0.717, 1.165) is 43.9 Å².